The molecule has 13 nitrogen and oxygen atoms in total. The molecule has 1 saturated heterocycles. The van der Waals surface area contributed by atoms with E-state index in [0.29, 0.717) is 13.0 Å². The predicted molar refractivity (Wildman–Crippen MR) is 187 cm³/mol. The number of nitrogens with zero attached hydrogens (tertiary/aromatic N) is 3. The molecule has 5 amide bonds. The number of rotatable bonds is 14. The molecular formula is C37H57N7O6. The minimum Gasteiger partial charge on any atom is -0.347 e. The molecule has 13 heteroatoms. The van der Waals surface area contributed by atoms with Crippen LogP contribution in [-0.4, -0.2) is 86.9 Å². The van der Waals surface area contributed by atoms with Crippen molar-refractivity contribution in [2.45, 2.75) is 136 Å². The van der Waals surface area contributed by atoms with E-state index in [0.717, 1.165) is 44.9 Å². The Labute approximate surface area is 296 Å². The first-order chi connectivity index (χ1) is 23.6. The maximum Gasteiger partial charge on any atom is 0.289 e. The van der Waals surface area contributed by atoms with Crippen LogP contribution in [0.3, 0.4) is 0 Å². The van der Waals surface area contributed by atoms with Gasteiger partial charge in [-0.2, -0.15) is 0 Å². The van der Waals surface area contributed by atoms with Crippen LogP contribution in [-0.2, 0) is 24.0 Å². The van der Waals surface area contributed by atoms with E-state index in [1.165, 1.54) is 18.6 Å². The second kappa shape index (κ2) is 16.9. The van der Waals surface area contributed by atoms with Crippen molar-refractivity contribution in [3.8, 4) is 0 Å². The Morgan fingerprint density at radius 3 is 2.20 bits per heavy atom. The van der Waals surface area contributed by atoms with Gasteiger partial charge in [0.15, 0.2) is 0 Å². The molecule has 4 N–H and O–H groups in total. The number of carbonyl (C=O) groups excluding carboxylic acids is 6. The van der Waals surface area contributed by atoms with Crippen LogP contribution in [0.15, 0.2) is 18.6 Å². The third-order valence-electron chi connectivity index (χ3n) is 10.9. The van der Waals surface area contributed by atoms with E-state index in [1.807, 2.05) is 48.5 Å². The quantitative estimate of drug-likeness (QED) is 0.215. The number of Topliss-reactive ketones (excluding diaryl/α,β-unsaturated/α-hetero) is 1. The van der Waals surface area contributed by atoms with Gasteiger partial charge >= 0.3 is 0 Å². The zero-order valence-corrected chi connectivity index (χ0v) is 30.8. The van der Waals surface area contributed by atoms with Crippen molar-refractivity contribution in [3.63, 3.8) is 0 Å². The summed E-state index contributed by atoms with van der Waals surface area (Å²) < 4.78 is 0. The second-order valence-corrected chi connectivity index (χ2v) is 15.9. The van der Waals surface area contributed by atoms with Gasteiger partial charge in [0.1, 0.15) is 23.8 Å². The predicted octanol–water partition coefficient (Wildman–Crippen LogP) is 2.94. The van der Waals surface area contributed by atoms with Crippen molar-refractivity contribution in [3.05, 3.63) is 24.3 Å². The molecule has 2 saturated carbocycles. The first-order valence-electron chi connectivity index (χ1n) is 18.5. The number of likely N-dealkylation sites (tertiary alicyclic amines) is 1. The molecule has 0 bridgehead atoms. The van der Waals surface area contributed by atoms with Gasteiger partial charge in [-0.3, -0.25) is 33.8 Å². The molecule has 2 heterocycles. The average Bonchev–Trinajstić information content (AvgIpc) is 3.83. The van der Waals surface area contributed by atoms with Crippen LogP contribution in [0, 0.1) is 29.1 Å². The third kappa shape index (κ3) is 9.25. The third-order valence-corrected chi connectivity index (χ3v) is 10.9. The Hall–Kier alpha value is -3.90. The summed E-state index contributed by atoms with van der Waals surface area (Å²) in [6, 6.07) is -3.97. The van der Waals surface area contributed by atoms with Crippen molar-refractivity contribution >= 4 is 35.3 Å². The Morgan fingerprint density at radius 2 is 1.60 bits per heavy atom. The topological polar surface area (TPSA) is 180 Å². The van der Waals surface area contributed by atoms with Crippen LogP contribution in [0.4, 0.5) is 0 Å². The van der Waals surface area contributed by atoms with Crippen LogP contribution in [0.1, 0.15) is 117 Å². The fraction of sp³-hybridized carbons (Fsp3) is 0.730. The molecule has 4 rings (SSSR count). The van der Waals surface area contributed by atoms with Gasteiger partial charge in [-0.15, -0.1) is 0 Å². The van der Waals surface area contributed by atoms with E-state index < -0.39 is 59.0 Å². The van der Waals surface area contributed by atoms with E-state index in [1.54, 1.807) is 4.90 Å². The van der Waals surface area contributed by atoms with E-state index in [9.17, 15) is 28.8 Å². The molecular weight excluding hydrogens is 638 g/mol. The summed E-state index contributed by atoms with van der Waals surface area (Å²) in [5.41, 5.74) is -0.650. The van der Waals surface area contributed by atoms with E-state index in [2.05, 4.69) is 31.2 Å². The Balaban J connectivity index is 1.56. The lowest BCUT2D eigenvalue weighted by atomic mass is 9.84. The summed E-state index contributed by atoms with van der Waals surface area (Å²) in [4.78, 5) is 91.7. The molecule has 3 aliphatic rings. The Morgan fingerprint density at radius 1 is 0.900 bits per heavy atom. The number of nitrogens with one attached hydrogen (secondary N) is 4. The first-order valence-corrected chi connectivity index (χ1v) is 18.5. The zero-order valence-electron chi connectivity index (χ0n) is 30.8. The minimum absolute atomic E-state index is 0.0935. The highest BCUT2D eigenvalue weighted by Gasteiger charge is 2.52. The molecule has 0 unspecified atom stereocenters. The van der Waals surface area contributed by atoms with Crippen LogP contribution in [0.25, 0.3) is 0 Å². The first kappa shape index (κ1) is 38.9. The largest absolute Gasteiger partial charge is 0.347 e. The molecule has 0 aromatic carbocycles. The summed E-state index contributed by atoms with van der Waals surface area (Å²) >= 11 is 0. The number of hydrogen-bond donors (Lipinski definition) is 4. The smallest absolute Gasteiger partial charge is 0.289 e. The SMILES string of the molecule is CCC[C@H](NC(=O)[C@@H]1[C@H]2CCC[C@H]2CN1C(=O)[C@@H](NC(=O)[C@@H](NC(=O)c1cnccn1)C1CCCC1)C(C)(C)C)C(=O)C(=O)N[C@@H](C)C(C)C. The lowest BCUT2D eigenvalue weighted by Crippen LogP contribution is -2.62. The number of hydrogen-bond acceptors (Lipinski definition) is 8. The minimum atomic E-state index is -1.02. The van der Waals surface area contributed by atoms with Gasteiger partial charge in [0.2, 0.25) is 23.5 Å². The zero-order chi connectivity index (χ0) is 36.7. The van der Waals surface area contributed by atoms with Gasteiger partial charge in [0.25, 0.3) is 11.8 Å². The Kier molecular flexibility index (Phi) is 13.1. The summed E-state index contributed by atoms with van der Waals surface area (Å²) in [5.74, 6) is -3.22. The molecule has 1 aromatic heterocycles. The number of ketones is 1. The number of aromatic nitrogens is 2. The van der Waals surface area contributed by atoms with Gasteiger partial charge in [-0.25, -0.2) is 4.98 Å². The summed E-state index contributed by atoms with van der Waals surface area (Å²) in [7, 11) is 0. The molecule has 276 valence electrons. The Bertz CT molecular complexity index is 1390. The number of fused-ring (bicyclic) bond motifs is 1. The molecule has 1 aromatic rings. The molecule has 50 heavy (non-hydrogen) atoms. The normalized spacial score (nSPS) is 23.0. The van der Waals surface area contributed by atoms with Gasteiger partial charge in [-0.1, -0.05) is 67.2 Å². The van der Waals surface area contributed by atoms with Crippen molar-refractivity contribution in [1.29, 1.82) is 0 Å². The van der Waals surface area contributed by atoms with Crippen molar-refractivity contribution in [1.82, 2.24) is 36.1 Å². The average molecular weight is 696 g/mol. The number of carbonyl (C=O) groups is 6. The van der Waals surface area contributed by atoms with Gasteiger partial charge < -0.3 is 26.2 Å². The molecule has 0 radical (unpaired) electrons. The van der Waals surface area contributed by atoms with E-state index in [4.69, 9.17) is 0 Å². The van der Waals surface area contributed by atoms with E-state index >= 15 is 0 Å². The highest BCUT2D eigenvalue weighted by Crippen LogP contribution is 2.43. The van der Waals surface area contributed by atoms with Gasteiger partial charge in [-0.05, 0) is 68.1 Å². The summed E-state index contributed by atoms with van der Waals surface area (Å²) in [5, 5.41) is 11.5. The highest BCUT2D eigenvalue weighted by atomic mass is 16.2. The van der Waals surface area contributed by atoms with Gasteiger partial charge in [0.05, 0.1) is 12.2 Å². The lowest BCUT2D eigenvalue weighted by molar-refractivity contribution is -0.146. The second-order valence-electron chi connectivity index (χ2n) is 15.9. The standard InChI is InChI=1S/C37H57N7O6/c1-8-12-26(30(45)35(49)40-22(4)21(2)3)41-34(48)29-25-16-11-15-24(25)20-44(29)36(50)31(37(5,6)7)43-33(47)28(23-13-9-10-14-23)42-32(46)27-19-38-17-18-39-27/h17-19,21-26,28-29,31H,8-16,20H2,1-7H3,(H,40,49)(H,41,48)(H,42,46)(H,43,47)/t22-,24-,25-,26-,28-,29-,31+/m0/s1. The monoisotopic (exact) mass is 695 g/mol. The van der Waals surface area contributed by atoms with Crippen LogP contribution in [0.2, 0.25) is 0 Å². The summed E-state index contributed by atoms with van der Waals surface area (Å²) in [6.45, 7) is 13.5. The van der Waals surface area contributed by atoms with Crippen LogP contribution >= 0.6 is 0 Å². The molecule has 1 aliphatic heterocycles. The maximum absolute atomic E-state index is 14.6. The lowest BCUT2D eigenvalue weighted by Gasteiger charge is -2.37. The number of amides is 5. The molecule has 7 atom stereocenters. The molecule has 0 spiro atoms. The van der Waals surface area contributed by atoms with E-state index in [-0.39, 0.29) is 47.7 Å². The fourth-order valence-corrected chi connectivity index (χ4v) is 7.65. The highest BCUT2D eigenvalue weighted by molar-refractivity contribution is 6.38. The van der Waals surface area contributed by atoms with Crippen molar-refractivity contribution < 1.29 is 28.8 Å². The molecule has 2 aliphatic carbocycles. The van der Waals surface area contributed by atoms with Crippen LogP contribution < -0.4 is 21.3 Å². The maximum atomic E-state index is 14.6. The van der Waals surface area contributed by atoms with Crippen LogP contribution in [0.5, 0.6) is 0 Å². The van der Waals surface area contributed by atoms with Crippen molar-refractivity contribution in [2.24, 2.45) is 29.1 Å². The fourth-order valence-electron chi connectivity index (χ4n) is 7.65. The molecule has 3 fully saturated rings. The van der Waals surface area contributed by atoms with Crippen molar-refractivity contribution in [2.75, 3.05) is 6.54 Å². The summed E-state index contributed by atoms with van der Waals surface area (Å²) in [6.07, 6.45) is 11.0. The van der Waals surface area contributed by atoms with Gasteiger partial charge in [0, 0.05) is 25.0 Å².